The van der Waals surface area contributed by atoms with Gasteiger partial charge < -0.3 is 5.32 Å². The van der Waals surface area contributed by atoms with Crippen molar-refractivity contribution in [2.75, 3.05) is 13.1 Å². The fourth-order valence-electron chi connectivity index (χ4n) is 3.39. The highest BCUT2D eigenvalue weighted by Crippen LogP contribution is 2.25. The van der Waals surface area contributed by atoms with Crippen molar-refractivity contribution in [3.63, 3.8) is 0 Å². The Morgan fingerprint density at radius 1 is 1.00 bits per heavy atom. The van der Waals surface area contributed by atoms with Gasteiger partial charge in [-0.1, -0.05) is 43.5 Å². The minimum Gasteiger partial charge on any atom is -0.311 e. The van der Waals surface area contributed by atoms with Gasteiger partial charge in [-0.25, -0.2) is 0 Å². The second-order valence-corrected chi connectivity index (χ2v) is 5.71. The van der Waals surface area contributed by atoms with E-state index in [0.717, 1.165) is 25.7 Å². The van der Waals surface area contributed by atoms with Crippen molar-refractivity contribution in [3.8, 4) is 0 Å². The molecular formula is C16H24N2. The molecule has 1 heterocycles. The maximum Gasteiger partial charge on any atom is 0.0240 e. The maximum absolute atomic E-state index is 3.57. The Morgan fingerprint density at radius 3 is 2.61 bits per heavy atom. The molecule has 18 heavy (non-hydrogen) atoms. The van der Waals surface area contributed by atoms with Crippen molar-refractivity contribution < 1.29 is 0 Å². The van der Waals surface area contributed by atoms with Crippen molar-refractivity contribution >= 4 is 0 Å². The number of benzene rings is 1. The fraction of sp³-hybridized carbons (Fsp3) is 0.625. The first kappa shape index (κ1) is 12.2. The van der Waals surface area contributed by atoms with Gasteiger partial charge in [-0.05, 0) is 24.0 Å². The minimum absolute atomic E-state index is 0.826. The van der Waals surface area contributed by atoms with E-state index in [0.29, 0.717) is 0 Å². The maximum atomic E-state index is 3.57. The molecule has 2 heteroatoms. The third-order valence-electron chi connectivity index (χ3n) is 4.47. The van der Waals surface area contributed by atoms with Gasteiger partial charge in [-0.2, -0.15) is 0 Å². The number of fused-ring (bicyclic) bond motifs is 1. The molecule has 1 aliphatic heterocycles. The van der Waals surface area contributed by atoms with Crippen molar-refractivity contribution in [2.45, 2.75) is 51.2 Å². The van der Waals surface area contributed by atoms with E-state index >= 15 is 0 Å². The molecule has 0 spiro atoms. The average molecular weight is 244 g/mol. The summed E-state index contributed by atoms with van der Waals surface area (Å²) >= 11 is 0. The van der Waals surface area contributed by atoms with Crippen LogP contribution in [-0.4, -0.2) is 24.0 Å². The van der Waals surface area contributed by atoms with E-state index in [9.17, 15) is 0 Å². The van der Waals surface area contributed by atoms with E-state index in [-0.39, 0.29) is 0 Å². The van der Waals surface area contributed by atoms with Crippen LogP contribution in [0.4, 0.5) is 0 Å². The van der Waals surface area contributed by atoms with Crippen LogP contribution in [0, 0.1) is 0 Å². The Balaban J connectivity index is 1.76. The van der Waals surface area contributed by atoms with Gasteiger partial charge in [0.15, 0.2) is 0 Å². The highest BCUT2D eigenvalue weighted by Gasteiger charge is 2.22. The van der Waals surface area contributed by atoms with Crippen molar-refractivity contribution in [3.05, 3.63) is 35.4 Å². The van der Waals surface area contributed by atoms with E-state index in [2.05, 4.69) is 34.5 Å². The largest absolute Gasteiger partial charge is 0.311 e. The molecular weight excluding hydrogens is 220 g/mol. The molecule has 1 aromatic rings. The van der Waals surface area contributed by atoms with Crippen molar-refractivity contribution in [1.29, 1.82) is 0 Å². The summed E-state index contributed by atoms with van der Waals surface area (Å²) in [4.78, 5) is 2.71. The third kappa shape index (κ3) is 2.76. The third-order valence-corrected chi connectivity index (χ3v) is 4.47. The summed E-state index contributed by atoms with van der Waals surface area (Å²) in [6.45, 7) is 4.53. The van der Waals surface area contributed by atoms with Crippen LogP contribution in [0.5, 0.6) is 0 Å². The molecule has 2 nitrogen and oxygen atoms in total. The van der Waals surface area contributed by atoms with Crippen molar-refractivity contribution in [1.82, 2.24) is 10.2 Å². The fourth-order valence-corrected chi connectivity index (χ4v) is 3.39. The SMILES string of the molecule is c1ccc2c(c1)CNCCN(C1CCCCC1)C2. The van der Waals surface area contributed by atoms with Crippen LogP contribution < -0.4 is 5.32 Å². The molecule has 98 valence electrons. The second-order valence-electron chi connectivity index (χ2n) is 5.71. The molecule has 0 atom stereocenters. The van der Waals surface area contributed by atoms with Crippen LogP contribution in [0.25, 0.3) is 0 Å². The first-order valence-corrected chi connectivity index (χ1v) is 7.45. The molecule has 1 fully saturated rings. The van der Waals surface area contributed by atoms with Gasteiger partial charge >= 0.3 is 0 Å². The molecule has 0 saturated heterocycles. The summed E-state index contributed by atoms with van der Waals surface area (Å²) in [6.07, 6.45) is 7.11. The predicted molar refractivity (Wildman–Crippen MR) is 75.4 cm³/mol. The Labute approximate surface area is 110 Å². The van der Waals surface area contributed by atoms with Crippen LogP contribution in [0.1, 0.15) is 43.2 Å². The minimum atomic E-state index is 0.826. The summed E-state index contributed by atoms with van der Waals surface area (Å²) in [5, 5.41) is 3.57. The molecule has 1 aromatic carbocycles. The van der Waals surface area contributed by atoms with Gasteiger partial charge in [0, 0.05) is 32.2 Å². The molecule has 0 bridgehead atoms. The Bertz CT molecular complexity index is 382. The normalized spacial score (nSPS) is 23.1. The Morgan fingerprint density at radius 2 is 1.78 bits per heavy atom. The number of nitrogens with one attached hydrogen (secondary N) is 1. The Kier molecular flexibility index (Phi) is 3.96. The summed E-state index contributed by atoms with van der Waals surface area (Å²) < 4.78 is 0. The second kappa shape index (κ2) is 5.85. The first-order valence-electron chi connectivity index (χ1n) is 7.45. The van der Waals surface area contributed by atoms with Crippen LogP contribution in [0.2, 0.25) is 0 Å². The number of rotatable bonds is 1. The Hall–Kier alpha value is -0.860. The van der Waals surface area contributed by atoms with Gasteiger partial charge in [0.2, 0.25) is 0 Å². The van der Waals surface area contributed by atoms with E-state index in [1.807, 2.05) is 0 Å². The molecule has 0 unspecified atom stereocenters. The van der Waals surface area contributed by atoms with Gasteiger partial charge in [-0.3, -0.25) is 4.90 Å². The lowest BCUT2D eigenvalue weighted by Gasteiger charge is -2.36. The summed E-state index contributed by atoms with van der Waals surface area (Å²) in [5.41, 5.74) is 3.01. The zero-order chi connectivity index (χ0) is 12.2. The molecule has 1 N–H and O–H groups in total. The average Bonchev–Trinajstić information content (AvgIpc) is 2.41. The molecule has 0 aromatic heterocycles. The lowest BCUT2D eigenvalue weighted by molar-refractivity contribution is 0.145. The first-order chi connectivity index (χ1) is 8.93. The number of hydrogen-bond donors (Lipinski definition) is 1. The smallest absolute Gasteiger partial charge is 0.0240 e. The molecule has 0 amide bonds. The number of nitrogens with zero attached hydrogens (tertiary/aromatic N) is 1. The van der Waals surface area contributed by atoms with E-state index in [4.69, 9.17) is 0 Å². The lowest BCUT2D eigenvalue weighted by atomic mass is 9.93. The van der Waals surface area contributed by atoms with Gasteiger partial charge in [-0.15, -0.1) is 0 Å². The molecule has 1 aliphatic carbocycles. The van der Waals surface area contributed by atoms with E-state index in [1.165, 1.54) is 49.8 Å². The quantitative estimate of drug-likeness (QED) is 0.817. The van der Waals surface area contributed by atoms with Crippen LogP contribution in [-0.2, 0) is 13.1 Å². The van der Waals surface area contributed by atoms with E-state index < -0.39 is 0 Å². The highest BCUT2D eigenvalue weighted by atomic mass is 15.2. The highest BCUT2D eigenvalue weighted by molar-refractivity contribution is 5.27. The van der Waals surface area contributed by atoms with Crippen LogP contribution in [0.3, 0.4) is 0 Å². The monoisotopic (exact) mass is 244 g/mol. The van der Waals surface area contributed by atoms with Gasteiger partial charge in [0.1, 0.15) is 0 Å². The summed E-state index contributed by atoms with van der Waals surface area (Å²) in [7, 11) is 0. The number of hydrogen-bond acceptors (Lipinski definition) is 2. The van der Waals surface area contributed by atoms with Crippen LogP contribution in [0.15, 0.2) is 24.3 Å². The van der Waals surface area contributed by atoms with Crippen LogP contribution >= 0.6 is 0 Å². The standard InChI is InChI=1S/C16H24N2/c1-2-8-16(9-3-1)18-11-10-17-12-14-6-4-5-7-15(14)13-18/h4-7,16-17H,1-3,8-13H2. The molecule has 0 radical (unpaired) electrons. The molecule has 1 saturated carbocycles. The zero-order valence-electron chi connectivity index (χ0n) is 11.2. The van der Waals surface area contributed by atoms with Gasteiger partial charge in [0.05, 0.1) is 0 Å². The lowest BCUT2D eigenvalue weighted by Crippen LogP contribution is -2.42. The zero-order valence-corrected chi connectivity index (χ0v) is 11.2. The topological polar surface area (TPSA) is 15.3 Å². The van der Waals surface area contributed by atoms with E-state index in [1.54, 1.807) is 0 Å². The van der Waals surface area contributed by atoms with Crippen molar-refractivity contribution in [2.24, 2.45) is 0 Å². The van der Waals surface area contributed by atoms with Gasteiger partial charge in [0.25, 0.3) is 0 Å². The summed E-state index contributed by atoms with van der Waals surface area (Å²) in [5.74, 6) is 0. The summed E-state index contributed by atoms with van der Waals surface area (Å²) in [6, 6.07) is 9.74. The molecule has 3 rings (SSSR count). The molecule has 2 aliphatic rings. The predicted octanol–water partition coefficient (Wildman–Crippen LogP) is 2.92.